The number of para-hydroxylation sites is 1. The summed E-state index contributed by atoms with van der Waals surface area (Å²) in [6, 6.07) is 11.6. The van der Waals surface area contributed by atoms with Crippen molar-refractivity contribution in [2.45, 2.75) is 13.8 Å². The number of nitrogens with zero attached hydrogens (tertiary/aromatic N) is 3. The van der Waals surface area contributed by atoms with E-state index in [1.54, 1.807) is 13.2 Å². The molecule has 1 aromatic heterocycles. The number of ether oxygens (including phenoxy) is 1. The number of benzene rings is 1. The number of hydrogen-bond donors (Lipinski definition) is 1. The Morgan fingerprint density at radius 3 is 2.65 bits per heavy atom. The Balaban J connectivity index is 2.27. The fourth-order valence-electron chi connectivity index (χ4n) is 2.19. The molecule has 0 aliphatic carbocycles. The highest BCUT2D eigenvalue weighted by molar-refractivity contribution is 5.92. The molecule has 122 valence electrons. The summed E-state index contributed by atoms with van der Waals surface area (Å²) in [7, 11) is 1.60. The second kappa shape index (κ2) is 8.24. The van der Waals surface area contributed by atoms with E-state index in [2.05, 4.69) is 15.3 Å². The van der Waals surface area contributed by atoms with Crippen LogP contribution < -0.4 is 10.2 Å². The van der Waals surface area contributed by atoms with Crippen LogP contribution in [0.3, 0.4) is 0 Å². The highest BCUT2D eigenvalue weighted by atomic mass is 16.5. The molecule has 1 N–H and O–H groups in total. The summed E-state index contributed by atoms with van der Waals surface area (Å²) < 4.78 is 4.93. The van der Waals surface area contributed by atoms with Gasteiger partial charge < -0.3 is 15.0 Å². The van der Waals surface area contributed by atoms with Gasteiger partial charge in [-0.15, -0.1) is 0 Å². The van der Waals surface area contributed by atoms with Crippen LogP contribution in [0.15, 0.2) is 36.4 Å². The van der Waals surface area contributed by atoms with Crippen molar-refractivity contribution < 1.29 is 9.53 Å². The Bertz CT molecular complexity index is 646. The molecule has 1 amide bonds. The van der Waals surface area contributed by atoms with Crippen LogP contribution in [-0.4, -0.2) is 42.7 Å². The summed E-state index contributed by atoms with van der Waals surface area (Å²) in [6.45, 7) is 5.50. The van der Waals surface area contributed by atoms with E-state index in [-0.39, 0.29) is 5.91 Å². The Morgan fingerprint density at radius 2 is 2.00 bits per heavy atom. The molecule has 2 aromatic rings. The molecule has 6 heteroatoms. The highest BCUT2D eigenvalue weighted by Gasteiger charge is 2.15. The van der Waals surface area contributed by atoms with E-state index < -0.39 is 0 Å². The van der Waals surface area contributed by atoms with Gasteiger partial charge in [0.1, 0.15) is 5.69 Å². The van der Waals surface area contributed by atoms with Gasteiger partial charge in [-0.2, -0.15) is 0 Å². The molecule has 0 spiro atoms. The number of aryl methyl sites for hydroxylation is 1. The zero-order valence-corrected chi connectivity index (χ0v) is 13.7. The molecule has 0 fully saturated rings. The lowest BCUT2D eigenvalue weighted by atomic mass is 10.3. The van der Waals surface area contributed by atoms with Crippen molar-refractivity contribution in [3.63, 3.8) is 0 Å². The van der Waals surface area contributed by atoms with E-state index >= 15 is 0 Å². The molecular weight excluding hydrogens is 292 g/mol. The molecule has 0 aliphatic heterocycles. The van der Waals surface area contributed by atoms with Crippen molar-refractivity contribution in [1.82, 2.24) is 15.3 Å². The quantitative estimate of drug-likeness (QED) is 0.794. The molecule has 0 aliphatic rings. The third kappa shape index (κ3) is 4.50. The zero-order valence-electron chi connectivity index (χ0n) is 13.7. The van der Waals surface area contributed by atoms with Crippen molar-refractivity contribution in [3.05, 3.63) is 47.8 Å². The molecule has 1 aromatic carbocycles. The smallest absolute Gasteiger partial charge is 0.270 e. The standard InChI is InChI=1S/C17H22N4O2/c1-4-21(14-8-6-5-7-9-14)17-19-13(2)12-15(20-17)16(22)18-10-11-23-3/h5-9,12H,4,10-11H2,1-3H3,(H,18,22). The molecule has 1 heterocycles. The van der Waals surface area contributed by atoms with E-state index in [1.165, 1.54) is 0 Å². The van der Waals surface area contributed by atoms with E-state index in [0.29, 0.717) is 31.3 Å². The Morgan fingerprint density at radius 1 is 1.26 bits per heavy atom. The van der Waals surface area contributed by atoms with Crippen molar-refractivity contribution in [3.8, 4) is 0 Å². The van der Waals surface area contributed by atoms with E-state index in [1.807, 2.05) is 49.1 Å². The van der Waals surface area contributed by atoms with Crippen LogP contribution in [0.25, 0.3) is 0 Å². The first-order valence-corrected chi connectivity index (χ1v) is 7.61. The van der Waals surface area contributed by atoms with Gasteiger partial charge in [0.2, 0.25) is 5.95 Å². The SMILES string of the molecule is CCN(c1ccccc1)c1nc(C)cc(C(=O)NCCOC)n1. The summed E-state index contributed by atoms with van der Waals surface area (Å²) in [4.78, 5) is 23.1. The van der Waals surface area contributed by atoms with Crippen molar-refractivity contribution in [2.24, 2.45) is 0 Å². The number of anilines is 2. The number of amides is 1. The third-order valence-electron chi connectivity index (χ3n) is 3.29. The summed E-state index contributed by atoms with van der Waals surface area (Å²) in [5, 5.41) is 2.78. The molecule has 0 unspecified atom stereocenters. The molecule has 0 atom stereocenters. The van der Waals surface area contributed by atoms with Crippen LogP contribution in [0, 0.1) is 6.92 Å². The first-order chi connectivity index (χ1) is 11.2. The van der Waals surface area contributed by atoms with Gasteiger partial charge in [0.05, 0.1) is 6.61 Å². The molecule has 6 nitrogen and oxygen atoms in total. The lowest BCUT2D eigenvalue weighted by Gasteiger charge is -2.21. The number of aromatic nitrogens is 2. The van der Waals surface area contributed by atoms with Crippen molar-refractivity contribution in [1.29, 1.82) is 0 Å². The number of hydrogen-bond acceptors (Lipinski definition) is 5. The van der Waals surface area contributed by atoms with Crippen LogP contribution in [0.4, 0.5) is 11.6 Å². The Labute approximate surface area is 136 Å². The first-order valence-electron chi connectivity index (χ1n) is 7.61. The summed E-state index contributed by atoms with van der Waals surface area (Å²) in [5.74, 6) is 0.300. The number of methoxy groups -OCH3 is 1. The second-order valence-corrected chi connectivity index (χ2v) is 5.02. The van der Waals surface area contributed by atoms with E-state index in [9.17, 15) is 4.79 Å². The van der Waals surface area contributed by atoms with Crippen LogP contribution in [0.2, 0.25) is 0 Å². The molecule has 0 saturated heterocycles. The third-order valence-corrected chi connectivity index (χ3v) is 3.29. The van der Waals surface area contributed by atoms with Crippen molar-refractivity contribution in [2.75, 3.05) is 31.7 Å². The lowest BCUT2D eigenvalue weighted by Crippen LogP contribution is -2.29. The minimum absolute atomic E-state index is 0.224. The molecule has 0 saturated carbocycles. The molecule has 0 bridgehead atoms. The van der Waals surface area contributed by atoms with Crippen molar-refractivity contribution >= 4 is 17.5 Å². The zero-order chi connectivity index (χ0) is 16.7. The Kier molecular flexibility index (Phi) is 6.05. The topological polar surface area (TPSA) is 67.4 Å². The van der Waals surface area contributed by atoms with Gasteiger partial charge in [0.15, 0.2) is 0 Å². The maximum absolute atomic E-state index is 12.2. The summed E-state index contributed by atoms with van der Waals surface area (Å²) >= 11 is 0. The molecular formula is C17H22N4O2. The summed E-state index contributed by atoms with van der Waals surface area (Å²) in [6.07, 6.45) is 0. The minimum atomic E-state index is -0.224. The van der Waals surface area contributed by atoms with E-state index in [0.717, 1.165) is 11.4 Å². The maximum atomic E-state index is 12.2. The largest absolute Gasteiger partial charge is 0.383 e. The van der Waals surface area contributed by atoms with Gasteiger partial charge in [-0.3, -0.25) is 4.79 Å². The van der Waals surface area contributed by atoms with Gasteiger partial charge in [-0.05, 0) is 32.0 Å². The minimum Gasteiger partial charge on any atom is -0.383 e. The highest BCUT2D eigenvalue weighted by Crippen LogP contribution is 2.21. The number of carbonyl (C=O) groups excluding carboxylic acids is 1. The normalized spacial score (nSPS) is 10.4. The monoisotopic (exact) mass is 314 g/mol. The number of carbonyl (C=O) groups is 1. The molecule has 2 rings (SSSR count). The predicted octanol–water partition coefficient (Wildman–Crippen LogP) is 2.32. The second-order valence-electron chi connectivity index (χ2n) is 5.02. The maximum Gasteiger partial charge on any atom is 0.270 e. The van der Waals surface area contributed by atoms with Gasteiger partial charge in [-0.25, -0.2) is 9.97 Å². The molecule has 23 heavy (non-hydrogen) atoms. The Hall–Kier alpha value is -2.47. The average Bonchev–Trinajstić information content (AvgIpc) is 2.56. The fraction of sp³-hybridized carbons (Fsp3) is 0.353. The lowest BCUT2D eigenvalue weighted by molar-refractivity contribution is 0.0932. The fourth-order valence-corrected chi connectivity index (χ4v) is 2.19. The van der Waals surface area contributed by atoms with E-state index in [4.69, 9.17) is 4.74 Å². The van der Waals surface area contributed by atoms with Crippen LogP contribution in [0.1, 0.15) is 23.1 Å². The average molecular weight is 314 g/mol. The van der Waals surface area contributed by atoms with Gasteiger partial charge >= 0.3 is 0 Å². The van der Waals surface area contributed by atoms with Crippen LogP contribution >= 0.6 is 0 Å². The van der Waals surface area contributed by atoms with Crippen LogP contribution in [0.5, 0.6) is 0 Å². The predicted molar refractivity (Wildman–Crippen MR) is 90.1 cm³/mol. The molecule has 0 radical (unpaired) electrons. The summed E-state index contributed by atoms with van der Waals surface area (Å²) in [5.41, 5.74) is 2.10. The van der Waals surface area contributed by atoms with Gasteiger partial charge in [0.25, 0.3) is 5.91 Å². The number of rotatable bonds is 7. The number of nitrogens with one attached hydrogen (secondary N) is 1. The first kappa shape index (κ1) is 16.9. The van der Waals surface area contributed by atoms with Gasteiger partial charge in [0, 0.05) is 31.6 Å². The van der Waals surface area contributed by atoms with Gasteiger partial charge in [-0.1, -0.05) is 18.2 Å². The van der Waals surface area contributed by atoms with Crippen LogP contribution in [-0.2, 0) is 4.74 Å².